The molecule has 3 rings (SSSR count). The van der Waals surface area contributed by atoms with Gasteiger partial charge in [-0.15, -0.1) is 0 Å². The summed E-state index contributed by atoms with van der Waals surface area (Å²) in [7, 11) is 0. The molecule has 1 aliphatic rings. The van der Waals surface area contributed by atoms with E-state index in [-0.39, 0.29) is 11.7 Å². The summed E-state index contributed by atoms with van der Waals surface area (Å²) in [6.07, 6.45) is 1.77. The van der Waals surface area contributed by atoms with E-state index in [0.29, 0.717) is 12.2 Å². The van der Waals surface area contributed by atoms with Crippen LogP contribution in [0.25, 0.3) is 0 Å². The van der Waals surface area contributed by atoms with Crippen molar-refractivity contribution in [3.63, 3.8) is 0 Å². The molecule has 0 aliphatic carbocycles. The van der Waals surface area contributed by atoms with Crippen molar-refractivity contribution in [2.75, 3.05) is 31.2 Å². The highest BCUT2D eigenvalue weighted by Crippen LogP contribution is 2.13. The van der Waals surface area contributed by atoms with Gasteiger partial charge in [-0.1, -0.05) is 11.2 Å². The Morgan fingerprint density at radius 2 is 2.18 bits per heavy atom. The highest BCUT2D eigenvalue weighted by Gasteiger charge is 2.13. The van der Waals surface area contributed by atoms with Crippen LogP contribution in [0.5, 0.6) is 0 Å². The average molecular weight is 302 g/mol. The van der Waals surface area contributed by atoms with E-state index in [9.17, 15) is 4.79 Å². The second-order valence-electron chi connectivity index (χ2n) is 5.14. The molecular formula is C15H18N4O3. The van der Waals surface area contributed by atoms with Crippen molar-refractivity contribution in [2.45, 2.75) is 13.5 Å². The summed E-state index contributed by atoms with van der Waals surface area (Å²) in [5.41, 5.74) is 1.61. The number of ether oxygens (including phenoxy) is 1. The number of nitrogens with zero attached hydrogens (tertiary/aromatic N) is 3. The molecule has 0 aromatic carbocycles. The van der Waals surface area contributed by atoms with Gasteiger partial charge < -0.3 is 19.5 Å². The van der Waals surface area contributed by atoms with Crippen molar-refractivity contribution >= 4 is 11.7 Å². The van der Waals surface area contributed by atoms with Crippen molar-refractivity contribution in [3.8, 4) is 0 Å². The molecule has 1 aliphatic heterocycles. The third kappa shape index (κ3) is 3.43. The minimum absolute atomic E-state index is 0.218. The Hall–Kier alpha value is -2.41. The van der Waals surface area contributed by atoms with E-state index in [2.05, 4.69) is 20.4 Å². The van der Waals surface area contributed by atoms with Crippen LogP contribution in [0.15, 0.2) is 28.9 Å². The number of aryl methyl sites for hydroxylation is 1. The molecular weight excluding hydrogens is 284 g/mol. The molecule has 1 N–H and O–H groups in total. The van der Waals surface area contributed by atoms with Gasteiger partial charge in [0.05, 0.1) is 18.9 Å². The van der Waals surface area contributed by atoms with Crippen molar-refractivity contribution in [3.05, 3.63) is 41.4 Å². The van der Waals surface area contributed by atoms with Gasteiger partial charge in [0.2, 0.25) is 5.76 Å². The van der Waals surface area contributed by atoms with E-state index in [0.717, 1.165) is 37.7 Å². The molecule has 1 amide bonds. The summed E-state index contributed by atoms with van der Waals surface area (Å²) in [4.78, 5) is 18.5. The summed E-state index contributed by atoms with van der Waals surface area (Å²) in [6, 6.07) is 5.53. The van der Waals surface area contributed by atoms with Crippen LogP contribution in [0.2, 0.25) is 0 Å². The Bertz CT molecular complexity index is 632. The number of carbonyl (C=O) groups excluding carboxylic acids is 1. The fourth-order valence-electron chi connectivity index (χ4n) is 2.24. The van der Waals surface area contributed by atoms with Crippen LogP contribution in [0.4, 0.5) is 5.82 Å². The summed E-state index contributed by atoms with van der Waals surface area (Å²) < 4.78 is 10.2. The van der Waals surface area contributed by atoms with E-state index in [1.165, 1.54) is 0 Å². The SMILES string of the molecule is Cc1cc(C(=O)NCc2ccc(N3CCOCC3)nc2)on1. The van der Waals surface area contributed by atoms with Gasteiger partial charge in [-0.25, -0.2) is 4.98 Å². The van der Waals surface area contributed by atoms with Crippen LogP contribution >= 0.6 is 0 Å². The van der Waals surface area contributed by atoms with Crippen molar-refractivity contribution in [1.82, 2.24) is 15.5 Å². The van der Waals surface area contributed by atoms with Crippen LogP contribution in [0.1, 0.15) is 21.8 Å². The maximum absolute atomic E-state index is 11.9. The maximum Gasteiger partial charge on any atom is 0.290 e. The molecule has 0 atom stereocenters. The fraction of sp³-hybridized carbons (Fsp3) is 0.400. The second-order valence-corrected chi connectivity index (χ2v) is 5.14. The Morgan fingerprint density at radius 1 is 1.36 bits per heavy atom. The largest absolute Gasteiger partial charge is 0.378 e. The number of rotatable bonds is 4. The van der Waals surface area contributed by atoms with Gasteiger partial charge in [0.1, 0.15) is 5.82 Å². The highest BCUT2D eigenvalue weighted by molar-refractivity contribution is 5.91. The van der Waals surface area contributed by atoms with Gasteiger partial charge in [-0.2, -0.15) is 0 Å². The van der Waals surface area contributed by atoms with Gasteiger partial charge in [0, 0.05) is 31.9 Å². The van der Waals surface area contributed by atoms with Gasteiger partial charge in [-0.3, -0.25) is 4.79 Å². The molecule has 0 unspecified atom stereocenters. The Kier molecular flexibility index (Phi) is 4.34. The standard InChI is InChI=1S/C15H18N4O3/c1-11-8-13(22-18-11)15(20)17-10-12-2-3-14(16-9-12)19-4-6-21-7-5-19/h2-3,8-9H,4-7,10H2,1H3,(H,17,20). The van der Waals surface area contributed by atoms with E-state index in [1.54, 1.807) is 19.2 Å². The Morgan fingerprint density at radius 3 is 2.82 bits per heavy atom. The number of amides is 1. The summed E-state index contributed by atoms with van der Waals surface area (Å²) >= 11 is 0. The summed E-state index contributed by atoms with van der Waals surface area (Å²) in [5.74, 6) is 0.873. The summed E-state index contributed by atoms with van der Waals surface area (Å²) in [6.45, 7) is 5.34. The second kappa shape index (κ2) is 6.57. The number of hydrogen-bond acceptors (Lipinski definition) is 6. The average Bonchev–Trinajstić information content (AvgIpc) is 3.00. The fourth-order valence-corrected chi connectivity index (χ4v) is 2.24. The zero-order valence-corrected chi connectivity index (χ0v) is 12.4. The highest BCUT2D eigenvalue weighted by atomic mass is 16.5. The number of carbonyl (C=O) groups is 1. The van der Waals surface area contributed by atoms with E-state index in [1.807, 2.05) is 12.1 Å². The first-order valence-corrected chi connectivity index (χ1v) is 7.21. The van der Waals surface area contributed by atoms with Crippen molar-refractivity contribution in [2.24, 2.45) is 0 Å². The summed E-state index contributed by atoms with van der Waals surface area (Å²) in [5, 5.41) is 6.47. The van der Waals surface area contributed by atoms with Crippen LogP contribution in [-0.4, -0.2) is 42.4 Å². The Balaban J connectivity index is 1.55. The first-order valence-electron chi connectivity index (χ1n) is 7.21. The number of morpholine rings is 1. The van der Waals surface area contributed by atoms with Gasteiger partial charge in [0.25, 0.3) is 5.91 Å². The van der Waals surface area contributed by atoms with Crippen molar-refractivity contribution in [1.29, 1.82) is 0 Å². The predicted octanol–water partition coefficient (Wildman–Crippen LogP) is 1.14. The topological polar surface area (TPSA) is 80.5 Å². The lowest BCUT2D eigenvalue weighted by atomic mass is 10.2. The lowest BCUT2D eigenvalue weighted by Crippen LogP contribution is -2.36. The van der Waals surface area contributed by atoms with E-state index in [4.69, 9.17) is 9.26 Å². The zero-order valence-electron chi connectivity index (χ0n) is 12.4. The molecule has 0 radical (unpaired) electrons. The lowest BCUT2D eigenvalue weighted by molar-refractivity contribution is 0.0914. The molecule has 0 spiro atoms. The molecule has 3 heterocycles. The predicted molar refractivity (Wildman–Crippen MR) is 79.7 cm³/mol. The molecule has 0 bridgehead atoms. The monoisotopic (exact) mass is 302 g/mol. The van der Waals surface area contributed by atoms with Crippen LogP contribution in [0, 0.1) is 6.92 Å². The van der Waals surface area contributed by atoms with Crippen LogP contribution in [0.3, 0.4) is 0 Å². The van der Waals surface area contributed by atoms with Gasteiger partial charge >= 0.3 is 0 Å². The Labute approximate surface area is 128 Å². The van der Waals surface area contributed by atoms with Gasteiger partial charge in [0.15, 0.2) is 0 Å². The third-order valence-corrected chi connectivity index (χ3v) is 3.45. The molecule has 0 saturated carbocycles. The maximum atomic E-state index is 11.9. The van der Waals surface area contributed by atoms with E-state index >= 15 is 0 Å². The normalized spacial score (nSPS) is 14.9. The lowest BCUT2D eigenvalue weighted by Gasteiger charge is -2.27. The number of pyridine rings is 1. The van der Waals surface area contributed by atoms with E-state index < -0.39 is 0 Å². The third-order valence-electron chi connectivity index (χ3n) is 3.45. The minimum atomic E-state index is -0.280. The molecule has 1 saturated heterocycles. The van der Waals surface area contributed by atoms with Gasteiger partial charge in [-0.05, 0) is 18.6 Å². The molecule has 22 heavy (non-hydrogen) atoms. The minimum Gasteiger partial charge on any atom is -0.378 e. The molecule has 2 aromatic rings. The van der Waals surface area contributed by atoms with Crippen molar-refractivity contribution < 1.29 is 14.1 Å². The zero-order chi connectivity index (χ0) is 15.4. The first-order chi connectivity index (χ1) is 10.7. The van der Waals surface area contributed by atoms with Crippen LogP contribution < -0.4 is 10.2 Å². The first kappa shape index (κ1) is 14.5. The molecule has 7 heteroatoms. The quantitative estimate of drug-likeness (QED) is 0.912. The number of hydrogen-bond donors (Lipinski definition) is 1. The molecule has 7 nitrogen and oxygen atoms in total. The number of nitrogens with one attached hydrogen (secondary N) is 1. The molecule has 116 valence electrons. The smallest absolute Gasteiger partial charge is 0.290 e. The molecule has 2 aromatic heterocycles. The number of aromatic nitrogens is 2. The number of anilines is 1. The van der Waals surface area contributed by atoms with Crippen LogP contribution in [-0.2, 0) is 11.3 Å². The molecule has 1 fully saturated rings.